The highest BCUT2D eigenvalue weighted by Gasteiger charge is 2.31. The molecule has 32 heavy (non-hydrogen) atoms. The van der Waals surface area contributed by atoms with Gasteiger partial charge in [0.1, 0.15) is 6.10 Å². The van der Waals surface area contributed by atoms with Crippen LogP contribution in [0.1, 0.15) is 36.8 Å². The summed E-state index contributed by atoms with van der Waals surface area (Å²) in [5.74, 6) is 1.16. The molecule has 2 aromatic rings. The number of carbonyl (C=O) groups is 1. The van der Waals surface area contributed by atoms with Crippen LogP contribution in [0.3, 0.4) is 0 Å². The van der Waals surface area contributed by atoms with Crippen LogP contribution < -0.4 is 19.5 Å². The summed E-state index contributed by atoms with van der Waals surface area (Å²) in [6.45, 7) is 0. The molecule has 1 aliphatic carbocycles. The van der Waals surface area contributed by atoms with Gasteiger partial charge in [0.2, 0.25) is 11.8 Å². The monoisotopic (exact) mass is 450 g/mol. The van der Waals surface area contributed by atoms with Crippen LogP contribution in [-0.2, 0) is 11.0 Å². The summed E-state index contributed by atoms with van der Waals surface area (Å²) in [5.41, 5.74) is -0.00337. The van der Waals surface area contributed by atoms with Crippen molar-refractivity contribution in [3.63, 3.8) is 0 Å². The average Bonchev–Trinajstić information content (AvgIpc) is 2.78. The standard InChI is InChI=1S/C23H25F3N2O4/c1-30-19-10-3-15(13-20(19)31-2)4-11-21(29)28-17-6-8-18(9-7-17)32-22-12-5-16(14-27-22)23(24,25)26/h3-5,10-14,17-18H,6-9H2,1-2H3,(H,28,29)/b11-4+. The van der Waals surface area contributed by atoms with Crippen LogP contribution >= 0.6 is 0 Å². The van der Waals surface area contributed by atoms with Gasteiger partial charge >= 0.3 is 6.18 Å². The first-order valence-electron chi connectivity index (χ1n) is 10.2. The molecule has 1 aromatic heterocycles. The van der Waals surface area contributed by atoms with Gasteiger partial charge in [-0.3, -0.25) is 4.79 Å². The van der Waals surface area contributed by atoms with Gasteiger partial charge in [-0.25, -0.2) is 4.98 Å². The Morgan fingerprint density at radius 1 is 1.06 bits per heavy atom. The third-order valence-electron chi connectivity index (χ3n) is 5.21. The van der Waals surface area contributed by atoms with Gasteiger partial charge in [0.15, 0.2) is 11.5 Å². The third-order valence-corrected chi connectivity index (χ3v) is 5.21. The lowest BCUT2D eigenvalue weighted by molar-refractivity contribution is -0.137. The van der Waals surface area contributed by atoms with Crippen molar-refractivity contribution in [3.8, 4) is 17.4 Å². The highest BCUT2D eigenvalue weighted by molar-refractivity contribution is 5.92. The molecule has 3 rings (SSSR count). The number of hydrogen-bond donors (Lipinski definition) is 1. The molecule has 0 atom stereocenters. The molecule has 0 aliphatic heterocycles. The van der Waals surface area contributed by atoms with E-state index in [2.05, 4.69) is 10.3 Å². The predicted octanol–water partition coefficient (Wildman–Crippen LogP) is 4.64. The number of benzene rings is 1. The fraction of sp³-hybridized carbons (Fsp3) is 0.391. The summed E-state index contributed by atoms with van der Waals surface area (Å²) in [5, 5.41) is 2.97. The first-order valence-corrected chi connectivity index (χ1v) is 10.2. The summed E-state index contributed by atoms with van der Waals surface area (Å²) in [7, 11) is 3.10. The smallest absolute Gasteiger partial charge is 0.417 e. The molecule has 0 unspecified atom stereocenters. The largest absolute Gasteiger partial charge is 0.493 e. The van der Waals surface area contributed by atoms with Crippen LogP contribution in [0.2, 0.25) is 0 Å². The number of aromatic nitrogens is 1. The van der Waals surface area contributed by atoms with E-state index in [0.717, 1.165) is 17.8 Å². The van der Waals surface area contributed by atoms with E-state index in [1.807, 2.05) is 6.07 Å². The maximum atomic E-state index is 12.6. The number of carbonyl (C=O) groups excluding carboxylic acids is 1. The molecule has 1 N–H and O–H groups in total. The van der Waals surface area contributed by atoms with Gasteiger partial charge in [-0.1, -0.05) is 6.07 Å². The molecule has 0 spiro atoms. The van der Waals surface area contributed by atoms with E-state index in [9.17, 15) is 18.0 Å². The van der Waals surface area contributed by atoms with Crippen molar-refractivity contribution in [3.05, 3.63) is 53.7 Å². The number of amides is 1. The molecule has 1 heterocycles. The number of ether oxygens (including phenoxy) is 3. The second-order valence-corrected chi connectivity index (χ2v) is 7.43. The van der Waals surface area contributed by atoms with Crippen molar-refractivity contribution in [2.24, 2.45) is 0 Å². The SMILES string of the molecule is COc1ccc(/C=C/C(=O)NC2CCC(Oc3ccc(C(F)(F)F)cn3)CC2)cc1OC. The van der Waals surface area contributed by atoms with Crippen molar-refractivity contribution in [2.75, 3.05) is 14.2 Å². The van der Waals surface area contributed by atoms with Gasteiger partial charge in [-0.05, 0) is 55.5 Å². The lowest BCUT2D eigenvalue weighted by Crippen LogP contribution is -2.39. The highest BCUT2D eigenvalue weighted by Crippen LogP contribution is 2.30. The van der Waals surface area contributed by atoms with Crippen LogP contribution in [0, 0.1) is 0 Å². The van der Waals surface area contributed by atoms with Gasteiger partial charge in [-0.15, -0.1) is 0 Å². The van der Waals surface area contributed by atoms with Crippen LogP contribution in [0.25, 0.3) is 6.08 Å². The zero-order valence-electron chi connectivity index (χ0n) is 17.8. The molecule has 1 saturated carbocycles. The zero-order chi connectivity index (χ0) is 23.1. The molecule has 0 radical (unpaired) electrons. The van der Waals surface area contributed by atoms with Crippen LogP contribution in [0.4, 0.5) is 13.2 Å². The molecule has 1 amide bonds. The Morgan fingerprint density at radius 3 is 2.38 bits per heavy atom. The van der Waals surface area contributed by atoms with Crippen LogP contribution in [-0.4, -0.2) is 37.3 Å². The minimum Gasteiger partial charge on any atom is -0.493 e. The first-order chi connectivity index (χ1) is 15.3. The normalized spacial score (nSPS) is 18.9. The maximum absolute atomic E-state index is 12.6. The summed E-state index contributed by atoms with van der Waals surface area (Å²) in [6.07, 6.45) is 2.14. The predicted molar refractivity (Wildman–Crippen MR) is 113 cm³/mol. The van der Waals surface area contributed by atoms with Crippen molar-refractivity contribution < 1.29 is 32.2 Å². The number of halogens is 3. The number of nitrogens with one attached hydrogen (secondary N) is 1. The topological polar surface area (TPSA) is 69.7 Å². The zero-order valence-corrected chi connectivity index (χ0v) is 17.8. The fourth-order valence-corrected chi connectivity index (χ4v) is 3.49. The Morgan fingerprint density at radius 2 is 1.78 bits per heavy atom. The summed E-state index contributed by atoms with van der Waals surface area (Å²) >= 11 is 0. The minimum absolute atomic E-state index is 0.0120. The van der Waals surface area contributed by atoms with Gasteiger partial charge in [0.25, 0.3) is 0 Å². The molecule has 1 aromatic carbocycles. The van der Waals surface area contributed by atoms with Gasteiger partial charge in [0.05, 0.1) is 19.8 Å². The van der Waals surface area contributed by atoms with Gasteiger partial charge in [0, 0.05) is 24.4 Å². The van der Waals surface area contributed by atoms with Crippen molar-refractivity contribution in [1.29, 1.82) is 0 Å². The average molecular weight is 450 g/mol. The van der Waals surface area contributed by atoms with E-state index in [1.165, 1.54) is 12.1 Å². The summed E-state index contributed by atoms with van der Waals surface area (Å²) in [6, 6.07) is 7.57. The third kappa shape index (κ3) is 6.38. The molecular weight excluding hydrogens is 425 g/mol. The van der Waals surface area contributed by atoms with Crippen molar-refractivity contribution in [1.82, 2.24) is 10.3 Å². The Labute approximate surface area is 184 Å². The second kappa shape index (κ2) is 10.4. The van der Waals surface area contributed by atoms with Crippen LogP contribution in [0.15, 0.2) is 42.6 Å². The van der Waals surface area contributed by atoms with Gasteiger partial charge < -0.3 is 19.5 Å². The summed E-state index contributed by atoms with van der Waals surface area (Å²) in [4.78, 5) is 16.0. The summed E-state index contributed by atoms with van der Waals surface area (Å²) < 4.78 is 54.0. The molecule has 1 aliphatic rings. The molecule has 0 saturated heterocycles. The number of alkyl halides is 3. The molecule has 6 nitrogen and oxygen atoms in total. The van der Waals surface area contributed by atoms with Crippen LogP contribution in [0.5, 0.6) is 17.4 Å². The lowest BCUT2D eigenvalue weighted by Gasteiger charge is -2.29. The molecule has 0 bridgehead atoms. The second-order valence-electron chi connectivity index (χ2n) is 7.43. The maximum Gasteiger partial charge on any atom is 0.417 e. The van der Waals surface area contributed by atoms with Gasteiger partial charge in [-0.2, -0.15) is 13.2 Å². The Bertz CT molecular complexity index is 937. The van der Waals surface area contributed by atoms with E-state index in [-0.39, 0.29) is 23.9 Å². The quantitative estimate of drug-likeness (QED) is 0.623. The number of nitrogens with zero attached hydrogens (tertiary/aromatic N) is 1. The molecule has 9 heteroatoms. The van der Waals surface area contributed by atoms with Crippen molar-refractivity contribution in [2.45, 2.75) is 44.0 Å². The molecular formula is C23H25F3N2O4. The number of pyridine rings is 1. The lowest BCUT2D eigenvalue weighted by atomic mass is 9.93. The first kappa shape index (κ1) is 23.4. The molecule has 1 fully saturated rings. The number of methoxy groups -OCH3 is 2. The number of hydrogen-bond acceptors (Lipinski definition) is 5. The Balaban J connectivity index is 1.45. The van der Waals surface area contributed by atoms with E-state index < -0.39 is 11.7 Å². The Hall–Kier alpha value is -3.23. The number of rotatable bonds is 7. The molecule has 172 valence electrons. The fourth-order valence-electron chi connectivity index (χ4n) is 3.49. The highest BCUT2D eigenvalue weighted by atomic mass is 19.4. The van der Waals surface area contributed by atoms with E-state index >= 15 is 0 Å². The van der Waals surface area contributed by atoms with E-state index in [0.29, 0.717) is 37.2 Å². The Kier molecular flexibility index (Phi) is 7.61. The van der Waals surface area contributed by atoms with E-state index in [1.54, 1.807) is 32.4 Å². The van der Waals surface area contributed by atoms with Crippen molar-refractivity contribution >= 4 is 12.0 Å². The van der Waals surface area contributed by atoms with E-state index in [4.69, 9.17) is 14.2 Å². The minimum atomic E-state index is -4.42.